The van der Waals surface area contributed by atoms with Crippen molar-refractivity contribution in [2.24, 2.45) is 0 Å². The Morgan fingerprint density at radius 1 is 0.909 bits per heavy atom. The summed E-state index contributed by atoms with van der Waals surface area (Å²) in [6.45, 7) is 5.57. The van der Waals surface area contributed by atoms with E-state index in [0.29, 0.717) is 18.7 Å². The Kier molecular flexibility index (Phi) is 6.50. The predicted molar refractivity (Wildman–Crippen MR) is 128 cm³/mol. The van der Waals surface area contributed by atoms with E-state index < -0.39 is 5.41 Å². The second kappa shape index (κ2) is 9.49. The molecule has 0 saturated carbocycles. The topological polar surface area (TPSA) is 55.8 Å². The van der Waals surface area contributed by atoms with Crippen LogP contribution >= 0.6 is 0 Å². The third kappa shape index (κ3) is 4.49. The Bertz CT molecular complexity index is 1120. The van der Waals surface area contributed by atoms with Crippen molar-refractivity contribution in [1.82, 2.24) is 0 Å². The first kappa shape index (κ1) is 22.6. The smallest absolute Gasteiger partial charge is 0.337 e. The van der Waals surface area contributed by atoms with Crippen molar-refractivity contribution in [2.45, 2.75) is 31.8 Å². The van der Waals surface area contributed by atoms with Crippen LogP contribution in [0.15, 0.2) is 78.9 Å². The van der Waals surface area contributed by atoms with Gasteiger partial charge in [-0.1, -0.05) is 68.4 Å². The fourth-order valence-corrected chi connectivity index (χ4v) is 4.42. The van der Waals surface area contributed by atoms with E-state index in [4.69, 9.17) is 9.47 Å². The summed E-state index contributed by atoms with van der Waals surface area (Å²) in [4.78, 5) is 27.4. The first-order valence-electron chi connectivity index (χ1n) is 11.2. The van der Waals surface area contributed by atoms with Crippen LogP contribution in [0.2, 0.25) is 0 Å². The molecule has 0 radical (unpaired) electrons. The van der Waals surface area contributed by atoms with Gasteiger partial charge in [-0.3, -0.25) is 4.79 Å². The van der Waals surface area contributed by atoms with Crippen molar-refractivity contribution in [3.8, 4) is 0 Å². The molecule has 170 valence electrons. The highest BCUT2D eigenvalue weighted by Gasteiger charge is 2.53. The number of carbonyl (C=O) groups excluding carboxylic acids is 2. The molecular formula is C28H29NO4. The standard InChI is InChI=1S/C28H29NO4/c1-20(2)24-11-7-8-12-25(24)28(27(31)33-17-21-9-5-4-6-10-21)18-29(19-28)23-15-13-22(14-16-23)26(30)32-3/h4-16,20H,17-19H2,1-3H3. The summed E-state index contributed by atoms with van der Waals surface area (Å²) >= 11 is 0. The van der Waals surface area contributed by atoms with Crippen LogP contribution in [0.5, 0.6) is 0 Å². The minimum Gasteiger partial charge on any atom is -0.465 e. The van der Waals surface area contributed by atoms with Crippen LogP contribution in [0.3, 0.4) is 0 Å². The van der Waals surface area contributed by atoms with Crippen LogP contribution in [-0.4, -0.2) is 32.1 Å². The van der Waals surface area contributed by atoms with E-state index in [9.17, 15) is 9.59 Å². The molecule has 3 aromatic rings. The van der Waals surface area contributed by atoms with Gasteiger partial charge >= 0.3 is 11.9 Å². The Morgan fingerprint density at radius 2 is 1.55 bits per heavy atom. The number of methoxy groups -OCH3 is 1. The molecule has 0 unspecified atom stereocenters. The molecule has 0 aromatic heterocycles. The van der Waals surface area contributed by atoms with Gasteiger partial charge in [0.2, 0.25) is 0 Å². The molecule has 1 heterocycles. The largest absolute Gasteiger partial charge is 0.465 e. The lowest BCUT2D eigenvalue weighted by molar-refractivity contribution is -0.153. The van der Waals surface area contributed by atoms with Gasteiger partial charge in [0.1, 0.15) is 12.0 Å². The minimum absolute atomic E-state index is 0.207. The monoisotopic (exact) mass is 443 g/mol. The maximum atomic E-state index is 13.5. The summed E-state index contributed by atoms with van der Waals surface area (Å²) in [6, 6.07) is 25.2. The van der Waals surface area contributed by atoms with Gasteiger partial charge in [-0.2, -0.15) is 0 Å². The van der Waals surface area contributed by atoms with Gasteiger partial charge in [0.05, 0.1) is 12.7 Å². The Balaban J connectivity index is 1.60. The molecule has 1 aliphatic rings. The van der Waals surface area contributed by atoms with Crippen LogP contribution < -0.4 is 4.90 Å². The molecule has 5 nitrogen and oxygen atoms in total. The number of carbonyl (C=O) groups is 2. The highest BCUT2D eigenvalue weighted by Crippen LogP contribution is 2.42. The van der Waals surface area contributed by atoms with Gasteiger partial charge in [0.25, 0.3) is 0 Å². The van der Waals surface area contributed by atoms with Crippen LogP contribution in [0.1, 0.15) is 46.8 Å². The number of esters is 2. The lowest BCUT2D eigenvalue weighted by Crippen LogP contribution is -2.64. The van der Waals surface area contributed by atoms with Crippen molar-refractivity contribution in [2.75, 3.05) is 25.1 Å². The Morgan fingerprint density at radius 3 is 2.18 bits per heavy atom. The third-order valence-electron chi connectivity index (χ3n) is 6.28. The second-order valence-electron chi connectivity index (χ2n) is 8.78. The third-order valence-corrected chi connectivity index (χ3v) is 6.28. The molecule has 3 aromatic carbocycles. The molecule has 1 fully saturated rings. The van der Waals surface area contributed by atoms with Gasteiger partial charge in [-0.05, 0) is 46.9 Å². The zero-order valence-corrected chi connectivity index (χ0v) is 19.3. The first-order chi connectivity index (χ1) is 15.9. The average Bonchev–Trinajstić information content (AvgIpc) is 2.83. The van der Waals surface area contributed by atoms with Crippen LogP contribution in [0.25, 0.3) is 0 Å². The maximum Gasteiger partial charge on any atom is 0.337 e. The van der Waals surface area contributed by atoms with E-state index in [1.54, 1.807) is 12.1 Å². The predicted octanol–water partition coefficient (Wildman–Crippen LogP) is 5.10. The molecule has 0 bridgehead atoms. The molecule has 33 heavy (non-hydrogen) atoms. The summed E-state index contributed by atoms with van der Waals surface area (Å²) in [6.07, 6.45) is 0. The van der Waals surface area contributed by atoms with Gasteiger partial charge in [-0.15, -0.1) is 0 Å². The number of nitrogens with zero attached hydrogens (tertiary/aromatic N) is 1. The van der Waals surface area contributed by atoms with Crippen molar-refractivity contribution < 1.29 is 19.1 Å². The SMILES string of the molecule is COC(=O)c1ccc(N2CC(C(=O)OCc3ccccc3)(c3ccccc3C(C)C)C2)cc1. The lowest BCUT2D eigenvalue weighted by atomic mass is 9.70. The van der Waals surface area contributed by atoms with E-state index in [-0.39, 0.29) is 24.5 Å². The van der Waals surface area contributed by atoms with Gasteiger partial charge in [0.15, 0.2) is 0 Å². The van der Waals surface area contributed by atoms with Gasteiger partial charge in [0, 0.05) is 18.8 Å². The number of hydrogen-bond donors (Lipinski definition) is 0. The summed E-state index contributed by atoms with van der Waals surface area (Å²) in [5.41, 5.74) is 3.87. The van der Waals surface area contributed by atoms with Crippen LogP contribution in [0.4, 0.5) is 5.69 Å². The Hall–Kier alpha value is -3.60. The van der Waals surface area contributed by atoms with Crippen molar-refractivity contribution in [1.29, 1.82) is 0 Å². The van der Waals surface area contributed by atoms with E-state index in [1.165, 1.54) is 7.11 Å². The highest BCUT2D eigenvalue weighted by atomic mass is 16.5. The zero-order chi connectivity index (χ0) is 23.4. The van der Waals surface area contributed by atoms with Crippen molar-refractivity contribution in [3.63, 3.8) is 0 Å². The molecular weight excluding hydrogens is 414 g/mol. The molecule has 0 spiro atoms. The lowest BCUT2D eigenvalue weighted by Gasteiger charge is -2.50. The molecule has 1 aliphatic heterocycles. The summed E-state index contributed by atoms with van der Waals surface area (Å²) in [5.74, 6) is -0.287. The maximum absolute atomic E-state index is 13.5. The minimum atomic E-state index is -0.739. The number of hydrogen-bond acceptors (Lipinski definition) is 5. The van der Waals surface area contributed by atoms with Crippen LogP contribution in [-0.2, 0) is 26.3 Å². The molecule has 0 aliphatic carbocycles. The van der Waals surface area contributed by atoms with Crippen molar-refractivity contribution >= 4 is 17.6 Å². The molecule has 1 saturated heterocycles. The van der Waals surface area contributed by atoms with Crippen molar-refractivity contribution in [3.05, 3.63) is 101 Å². The summed E-state index contributed by atoms with van der Waals surface area (Å²) < 4.78 is 10.6. The molecule has 0 amide bonds. The van der Waals surface area contributed by atoms with Crippen LogP contribution in [0, 0.1) is 0 Å². The zero-order valence-electron chi connectivity index (χ0n) is 19.3. The summed E-state index contributed by atoms with van der Waals surface area (Å²) in [5, 5.41) is 0. The normalized spacial score (nSPS) is 14.5. The fourth-order valence-electron chi connectivity index (χ4n) is 4.42. The molecule has 0 N–H and O–H groups in total. The Labute approximate surface area is 194 Å². The number of ether oxygens (including phenoxy) is 2. The fraction of sp³-hybridized carbons (Fsp3) is 0.286. The van der Waals surface area contributed by atoms with E-state index in [0.717, 1.165) is 22.4 Å². The van der Waals surface area contributed by atoms with Gasteiger partial charge in [-0.25, -0.2) is 4.79 Å². The highest BCUT2D eigenvalue weighted by molar-refractivity contribution is 5.91. The second-order valence-corrected chi connectivity index (χ2v) is 8.78. The average molecular weight is 444 g/mol. The first-order valence-corrected chi connectivity index (χ1v) is 11.2. The van der Waals surface area contributed by atoms with E-state index >= 15 is 0 Å². The number of rotatable bonds is 7. The van der Waals surface area contributed by atoms with E-state index in [1.807, 2.05) is 54.6 Å². The number of anilines is 1. The quantitative estimate of drug-likeness (QED) is 0.476. The number of benzene rings is 3. The van der Waals surface area contributed by atoms with Gasteiger partial charge < -0.3 is 14.4 Å². The van der Waals surface area contributed by atoms with E-state index in [2.05, 4.69) is 30.9 Å². The molecule has 4 rings (SSSR count). The molecule has 0 atom stereocenters. The summed E-state index contributed by atoms with van der Waals surface area (Å²) in [7, 11) is 1.37. The molecule has 5 heteroatoms.